The highest BCUT2D eigenvalue weighted by atomic mass is 79.9. The maximum absolute atomic E-state index is 5.90. The predicted molar refractivity (Wildman–Crippen MR) is 86.5 cm³/mol. The lowest BCUT2D eigenvalue weighted by atomic mass is 10.1. The Balaban J connectivity index is 2.21. The van der Waals surface area contributed by atoms with E-state index in [4.69, 9.17) is 10.5 Å². The molecule has 2 nitrogen and oxygen atoms in total. The van der Waals surface area contributed by atoms with E-state index in [1.807, 2.05) is 12.1 Å². The Morgan fingerprint density at radius 1 is 1.05 bits per heavy atom. The van der Waals surface area contributed by atoms with Gasteiger partial charge >= 0.3 is 0 Å². The van der Waals surface area contributed by atoms with Crippen LogP contribution in [0, 0.1) is 13.8 Å². The van der Waals surface area contributed by atoms with E-state index in [-0.39, 0.29) is 0 Å². The third-order valence-electron chi connectivity index (χ3n) is 2.90. The summed E-state index contributed by atoms with van der Waals surface area (Å²) in [5, 5.41) is 0. The molecule has 0 amide bonds. The molecule has 2 aromatic rings. The Hall–Kier alpha value is -1.00. The van der Waals surface area contributed by atoms with Gasteiger partial charge in [-0.3, -0.25) is 0 Å². The second-order valence-corrected chi connectivity index (χ2v) is 6.24. The number of hydrogen-bond acceptors (Lipinski definition) is 2. The second-order valence-electron chi connectivity index (χ2n) is 4.53. The van der Waals surface area contributed by atoms with E-state index in [1.54, 1.807) is 0 Å². The van der Waals surface area contributed by atoms with Gasteiger partial charge in [-0.05, 0) is 69.0 Å². The van der Waals surface area contributed by atoms with Gasteiger partial charge in [0.15, 0.2) is 0 Å². The van der Waals surface area contributed by atoms with Crippen LogP contribution in [0.25, 0.3) is 0 Å². The van der Waals surface area contributed by atoms with Crippen LogP contribution < -0.4 is 10.5 Å². The molecule has 0 radical (unpaired) electrons. The first kappa shape index (κ1) is 14.4. The fraction of sp³-hybridized carbons (Fsp3) is 0.200. The molecule has 19 heavy (non-hydrogen) atoms. The Labute approximate surface area is 130 Å². The smallest absolute Gasteiger partial charge is 0.148 e. The predicted octanol–water partition coefficient (Wildman–Crippen LogP) is 4.99. The standard InChI is InChI=1S/C15H15Br2NO/c1-9-3-4-10(2)11(5-9)8-19-15-13(16)6-12(18)7-14(15)17/h3-7H,8,18H2,1-2H3. The number of halogens is 2. The minimum absolute atomic E-state index is 0.536. The molecule has 0 fully saturated rings. The summed E-state index contributed by atoms with van der Waals surface area (Å²) in [6.45, 7) is 4.71. The fourth-order valence-electron chi connectivity index (χ4n) is 1.82. The highest BCUT2D eigenvalue weighted by Gasteiger charge is 2.09. The van der Waals surface area contributed by atoms with Gasteiger partial charge in [-0.15, -0.1) is 0 Å². The topological polar surface area (TPSA) is 35.2 Å². The summed E-state index contributed by atoms with van der Waals surface area (Å²) < 4.78 is 7.60. The minimum atomic E-state index is 0.536. The summed E-state index contributed by atoms with van der Waals surface area (Å²) in [5.41, 5.74) is 10.1. The molecule has 0 spiro atoms. The van der Waals surface area contributed by atoms with Gasteiger partial charge in [-0.1, -0.05) is 23.8 Å². The quantitative estimate of drug-likeness (QED) is 0.756. The largest absolute Gasteiger partial charge is 0.487 e. The molecule has 0 unspecified atom stereocenters. The van der Waals surface area contributed by atoms with Gasteiger partial charge in [0.2, 0.25) is 0 Å². The fourth-order valence-corrected chi connectivity index (χ4v) is 3.27. The van der Waals surface area contributed by atoms with Crippen molar-refractivity contribution in [1.82, 2.24) is 0 Å². The number of hydrogen-bond donors (Lipinski definition) is 1. The van der Waals surface area contributed by atoms with E-state index in [0.29, 0.717) is 12.3 Å². The zero-order valence-electron chi connectivity index (χ0n) is 10.8. The van der Waals surface area contributed by atoms with Crippen molar-refractivity contribution in [3.05, 3.63) is 56.0 Å². The molecule has 2 aromatic carbocycles. The van der Waals surface area contributed by atoms with E-state index in [1.165, 1.54) is 16.7 Å². The first-order valence-corrected chi connectivity index (χ1v) is 7.49. The van der Waals surface area contributed by atoms with Gasteiger partial charge in [0.05, 0.1) is 8.95 Å². The molecule has 100 valence electrons. The van der Waals surface area contributed by atoms with Gasteiger partial charge in [0.25, 0.3) is 0 Å². The van der Waals surface area contributed by atoms with Crippen LogP contribution in [0.5, 0.6) is 5.75 Å². The van der Waals surface area contributed by atoms with Crippen molar-refractivity contribution in [1.29, 1.82) is 0 Å². The molecule has 0 saturated heterocycles. The Morgan fingerprint density at radius 2 is 1.68 bits per heavy atom. The lowest BCUT2D eigenvalue weighted by Crippen LogP contribution is -2.00. The summed E-state index contributed by atoms with van der Waals surface area (Å²) in [7, 11) is 0. The van der Waals surface area contributed by atoms with Crippen molar-refractivity contribution in [3.63, 3.8) is 0 Å². The lowest BCUT2D eigenvalue weighted by molar-refractivity contribution is 0.301. The highest BCUT2D eigenvalue weighted by Crippen LogP contribution is 2.36. The summed E-state index contributed by atoms with van der Waals surface area (Å²) >= 11 is 6.94. The SMILES string of the molecule is Cc1ccc(C)c(COc2c(Br)cc(N)cc2Br)c1. The third kappa shape index (κ3) is 3.51. The number of nitrogen functional groups attached to an aromatic ring is 1. The van der Waals surface area contributed by atoms with E-state index < -0.39 is 0 Å². The van der Waals surface area contributed by atoms with Gasteiger partial charge in [0, 0.05) is 5.69 Å². The Bertz CT molecular complexity index is 588. The summed E-state index contributed by atoms with van der Waals surface area (Å²) in [5.74, 6) is 0.773. The average Bonchev–Trinajstić information content (AvgIpc) is 2.32. The summed E-state index contributed by atoms with van der Waals surface area (Å²) in [4.78, 5) is 0. The number of benzene rings is 2. The van der Waals surface area contributed by atoms with Crippen molar-refractivity contribution in [2.75, 3.05) is 5.73 Å². The second kappa shape index (κ2) is 5.97. The molecule has 0 aliphatic rings. The van der Waals surface area contributed by atoms with E-state index >= 15 is 0 Å². The van der Waals surface area contributed by atoms with Crippen LogP contribution in [0.1, 0.15) is 16.7 Å². The van der Waals surface area contributed by atoms with E-state index in [9.17, 15) is 0 Å². The molecule has 2 rings (SSSR count). The van der Waals surface area contributed by atoms with E-state index in [2.05, 4.69) is 63.9 Å². The van der Waals surface area contributed by atoms with Crippen molar-refractivity contribution >= 4 is 37.5 Å². The van der Waals surface area contributed by atoms with Crippen LogP contribution in [-0.4, -0.2) is 0 Å². The molecule has 0 saturated carbocycles. The molecule has 0 aromatic heterocycles. The summed E-state index contributed by atoms with van der Waals surface area (Å²) in [6, 6.07) is 10.0. The highest BCUT2D eigenvalue weighted by molar-refractivity contribution is 9.11. The number of ether oxygens (including phenoxy) is 1. The van der Waals surface area contributed by atoms with Crippen LogP contribution in [0.2, 0.25) is 0 Å². The van der Waals surface area contributed by atoms with Crippen molar-refractivity contribution in [2.24, 2.45) is 0 Å². The Morgan fingerprint density at radius 3 is 2.32 bits per heavy atom. The van der Waals surface area contributed by atoms with Crippen molar-refractivity contribution in [2.45, 2.75) is 20.5 Å². The zero-order valence-corrected chi connectivity index (χ0v) is 14.0. The van der Waals surface area contributed by atoms with Gasteiger partial charge in [-0.25, -0.2) is 0 Å². The zero-order chi connectivity index (χ0) is 14.0. The van der Waals surface area contributed by atoms with Crippen LogP contribution in [0.4, 0.5) is 5.69 Å². The van der Waals surface area contributed by atoms with Crippen molar-refractivity contribution < 1.29 is 4.74 Å². The first-order valence-electron chi connectivity index (χ1n) is 5.91. The molecule has 2 N–H and O–H groups in total. The van der Waals surface area contributed by atoms with Crippen LogP contribution in [0.15, 0.2) is 39.3 Å². The molecule has 0 aliphatic carbocycles. The average molecular weight is 385 g/mol. The number of nitrogens with two attached hydrogens (primary N) is 1. The molecular weight excluding hydrogens is 370 g/mol. The monoisotopic (exact) mass is 383 g/mol. The van der Waals surface area contributed by atoms with E-state index in [0.717, 1.165) is 14.7 Å². The van der Waals surface area contributed by atoms with Gasteiger partial charge in [-0.2, -0.15) is 0 Å². The molecule has 0 aliphatic heterocycles. The molecule has 0 bridgehead atoms. The first-order chi connectivity index (χ1) is 8.97. The van der Waals surface area contributed by atoms with Crippen LogP contribution in [0.3, 0.4) is 0 Å². The molecule has 0 heterocycles. The minimum Gasteiger partial charge on any atom is -0.487 e. The number of aryl methyl sites for hydroxylation is 2. The van der Waals surface area contributed by atoms with Crippen LogP contribution >= 0.6 is 31.9 Å². The Kier molecular flexibility index (Phi) is 4.53. The number of rotatable bonds is 3. The third-order valence-corrected chi connectivity index (χ3v) is 4.08. The maximum Gasteiger partial charge on any atom is 0.148 e. The molecule has 0 atom stereocenters. The number of anilines is 1. The molecule has 4 heteroatoms. The van der Waals surface area contributed by atoms with Crippen molar-refractivity contribution in [3.8, 4) is 5.75 Å². The van der Waals surface area contributed by atoms with Crippen LogP contribution in [-0.2, 0) is 6.61 Å². The normalized spacial score (nSPS) is 10.5. The van der Waals surface area contributed by atoms with Gasteiger partial charge < -0.3 is 10.5 Å². The molecular formula is C15H15Br2NO. The summed E-state index contributed by atoms with van der Waals surface area (Å²) in [6.07, 6.45) is 0. The van der Waals surface area contributed by atoms with Gasteiger partial charge in [0.1, 0.15) is 12.4 Å². The lowest BCUT2D eigenvalue weighted by Gasteiger charge is -2.13. The maximum atomic E-state index is 5.90.